The SMILES string of the molecule is CN/C(=C(\C=N)NC(=O)C1=CSC(c2c(F)cccc2F)N1C)C1CCC(NC(=O)OC(C)(C)C)CCO1. The van der Waals surface area contributed by atoms with Gasteiger partial charge in [-0.3, -0.25) is 4.79 Å². The van der Waals surface area contributed by atoms with Crippen LogP contribution in [0.5, 0.6) is 0 Å². The molecule has 1 aromatic rings. The fourth-order valence-corrected chi connectivity index (χ4v) is 5.46. The number of likely N-dealkylation sites (N-methyl/N-ethyl adjacent to an activating group) is 2. The largest absolute Gasteiger partial charge is 0.444 e. The molecule has 0 saturated carbocycles. The first kappa shape index (κ1) is 29.4. The molecule has 2 aliphatic rings. The van der Waals surface area contributed by atoms with Crippen LogP contribution in [0.15, 0.2) is 40.7 Å². The van der Waals surface area contributed by atoms with Crippen molar-refractivity contribution in [3.63, 3.8) is 0 Å². The van der Waals surface area contributed by atoms with E-state index in [0.29, 0.717) is 31.6 Å². The predicted molar refractivity (Wildman–Crippen MR) is 142 cm³/mol. The highest BCUT2D eigenvalue weighted by Gasteiger charge is 2.34. The zero-order chi connectivity index (χ0) is 28.0. The van der Waals surface area contributed by atoms with E-state index in [0.717, 1.165) is 18.0 Å². The van der Waals surface area contributed by atoms with Crippen LogP contribution in [-0.4, -0.2) is 61.6 Å². The van der Waals surface area contributed by atoms with E-state index >= 15 is 0 Å². The van der Waals surface area contributed by atoms with Crippen LogP contribution in [0.2, 0.25) is 0 Å². The highest BCUT2D eigenvalue weighted by atomic mass is 32.2. The first-order valence-electron chi connectivity index (χ1n) is 12.3. The topological polar surface area (TPSA) is 116 Å². The van der Waals surface area contributed by atoms with E-state index in [-0.39, 0.29) is 23.0 Å². The van der Waals surface area contributed by atoms with Crippen molar-refractivity contribution in [3.05, 3.63) is 57.9 Å². The Labute approximate surface area is 225 Å². The summed E-state index contributed by atoms with van der Waals surface area (Å²) in [5, 5.41) is 17.4. The van der Waals surface area contributed by atoms with Gasteiger partial charge in [-0.25, -0.2) is 13.6 Å². The molecule has 0 spiro atoms. The van der Waals surface area contributed by atoms with Gasteiger partial charge in [-0.2, -0.15) is 0 Å². The summed E-state index contributed by atoms with van der Waals surface area (Å²) in [6.45, 7) is 5.75. The predicted octanol–water partition coefficient (Wildman–Crippen LogP) is 4.14. The lowest BCUT2D eigenvalue weighted by atomic mass is 10.0. The van der Waals surface area contributed by atoms with Crippen molar-refractivity contribution in [2.45, 2.75) is 63.2 Å². The molecule has 9 nitrogen and oxygen atoms in total. The van der Waals surface area contributed by atoms with Gasteiger partial charge in [0.25, 0.3) is 5.91 Å². The molecule has 0 radical (unpaired) electrons. The molecule has 0 bridgehead atoms. The van der Waals surface area contributed by atoms with E-state index in [2.05, 4.69) is 16.0 Å². The van der Waals surface area contributed by atoms with Gasteiger partial charge in [0.15, 0.2) is 0 Å². The van der Waals surface area contributed by atoms with Gasteiger partial charge in [0.05, 0.1) is 23.1 Å². The van der Waals surface area contributed by atoms with Gasteiger partial charge in [-0.1, -0.05) is 6.07 Å². The van der Waals surface area contributed by atoms with E-state index in [1.807, 2.05) is 0 Å². The Kier molecular flexibility index (Phi) is 9.77. The normalized spacial score (nSPS) is 22.6. The van der Waals surface area contributed by atoms with Crippen molar-refractivity contribution in [2.24, 2.45) is 0 Å². The molecule has 3 atom stereocenters. The minimum Gasteiger partial charge on any atom is -0.444 e. The maximum atomic E-state index is 14.3. The Balaban J connectivity index is 1.68. The average molecular weight is 552 g/mol. The van der Waals surface area contributed by atoms with Gasteiger partial charge < -0.3 is 35.7 Å². The molecular weight excluding hydrogens is 516 g/mol. The van der Waals surface area contributed by atoms with Gasteiger partial charge >= 0.3 is 6.09 Å². The first-order valence-corrected chi connectivity index (χ1v) is 13.3. The number of alkyl carbamates (subject to hydrolysis) is 1. The Morgan fingerprint density at radius 2 is 1.89 bits per heavy atom. The van der Waals surface area contributed by atoms with Crippen molar-refractivity contribution in [1.29, 1.82) is 5.41 Å². The maximum Gasteiger partial charge on any atom is 0.407 e. The highest BCUT2D eigenvalue weighted by Crippen LogP contribution is 2.43. The van der Waals surface area contributed by atoms with Gasteiger partial charge in [-0.05, 0) is 52.2 Å². The van der Waals surface area contributed by atoms with Gasteiger partial charge in [0.1, 0.15) is 28.3 Å². The fraction of sp³-hybridized carbons (Fsp3) is 0.500. The Bertz CT molecular complexity index is 1100. The number of rotatable bonds is 7. The van der Waals surface area contributed by atoms with Crippen LogP contribution < -0.4 is 16.0 Å². The smallest absolute Gasteiger partial charge is 0.407 e. The summed E-state index contributed by atoms with van der Waals surface area (Å²) in [5.41, 5.74) is 0.204. The van der Waals surface area contributed by atoms with Gasteiger partial charge in [0.2, 0.25) is 0 Å². The van der Waals surface area contributed by atoms with Crippen molar-refractivity contribution >= 4 is 30.0 Å². The van der Waals surface area contributed by atoms with E-state index in [4.69, 9.17) is 14.9 Å². The molecule has 3 unspecified atom stereocenters. The van der Waals surface area contributed by atoms with Gasteiger partial charge in [0, 0.05) is 38.4 Å². The summed E-state index contributed by atoms with van der Waals surface area (Å²) in [6.07, 6.45) is 1.80. The number of benzene rings is 1. The molecule has 1 aromatic carbocycles. The lowest BCUT2D eigenvalue weighted by Crippen LogP contribution is -2.39. The third kappa shape index (κ3) is 7.25. The second-order valence-electron chi connectivity index (χ2n) is 9.98. The Morgan fingerprint density at radius 3 is 2.50 bits per heavy atom. The minimum atomic E-state index is -0.743. The van der Waals surface area contributed by atoms with E-state index in [1.165, 1.54) is 23.1 Å². The number of carbonyl (C=O) groups excluding carboxylic acids is 2. The fourth-order valence-electron chi connectivity index (χ4n) is 4.27. The molecule has 0 aliphatic carbocycles. The molecule has 1 fully saturated rings. The van der Waals surface area contributed by atoms with Crippen molar-refractivity contribution < 1.29 is 27.8 Å². The number of nitrogens with one attached hydrogen (secondary N) is 4. The monoisotopic (exact) mass is 551 g/mol. The summed E-state index contributed by atoms with van der Waals surface area (Å²) in [5.74, 6) is -1.90. The molecule has 38 heavy (non-hydrogen) atoms. The molecular formula is C26H35F2N5O4S. The quantitative estimate of drug-likeness (QED) is 0.377. The van der Waals surface area contributed by atoms with Crippen LogP contribution in [0, 0.1) is 17.0 Å². The molecule has 2 aliphatic heterocycles. The summed E-state index contributed by atoms with van der Waals surface area (Å²) < 4.78 is 40.0. The number of ether oxygens (including phenoxy) is 2. The third-order valence-corrected chi connectivity index (χ3v) is 7.25. The minimum absolute atomic E-state index is 0.126. The molecule has 208 valence electrons. The second-order valence-corrected chi connectivity index (χ2v) is 10.9. The Hall–Kier alpha value is -3.12. The van der Waals surface area contributed by atoms with Crippen molar-refractivity contribution in [3.8, 4) is 0 Å². The second kappa shape index (κ2) is 12.6. The van der Waals surface area contributed by atoms with Crippen LogP contribution in [0.3, 0.4) is 0 Å². The molecule has 2 heterocycles. The summed E-state index contributed by atoms with van der Waals surface area (Å²) in [4.78, 5) is 26.8. The van der Waals surface area contributed by atoms with Crippen molar-refractivity contribution in [1.82, 2.24) is 20.9 Å². The van der Waals surface area contributed by atoms with Crippen molar-refractivity contribution in [2.75, 3.05) is 20.7 Å². The molecule has 2 amide bonds. The Morgan fingerprint density at radius 1 is 1.21 bits per heavy atom. The van der Waals surface area contributed by atoms with Gasteiger partial charge in [-0.15, -0.1) is 11.8 Å². The number of allylic oxidation sites excluding steroid dienone is 1. The maximum absolute atomic E-state index is 14.3. The van der Waals surface area contributed by atoms with Crippen LogP contribution in [0.25, 0.3) is 0 Å². The standard InChI is InChI=1S/C26H35F2N5O4S/c1-26(2,3)37-25(35)31-15-9-10-20(36-12-11-15)22(30-4)18(13-29)32-23(34)19-14-38-24(33(19)5)21-16(27)7-6-8-17(21)28/h6-8,13-15,20,24,29-30H,9-12H2,1-5H3,(H,31,35)(H,32,34)/b22-18+,29-13?. The summed E-state index contributed by atoms with van der Waals surface area (Å²) >= 11 is 1.12. The van der Waals surface area contributed by atoms with E-state index in [9.17, 15) is 18.4 Å². The number of amides is 2. The summed E-state index contributed by atoms with van der Waals surface area (Å²) in [7, 11) is 3.25. The van der Waals surface area contributed by atoms with E-state index < -0.39 is 40.7 Å². The molecule has 4 N–H and O–H groups in total. The number of carbonyl (C=O) groups is 2. The first-order chi connectivity index (χ1) is 17.9. The molecule has 0 aromatic heterocycles. The van der Waals surface area contributed by atoms with Crippen LogP contribution in [-0.2, 0) is 14.3 Å². The zero-order valence-electron chi connectivity index (χ0n) is 22.2. The number of nitrogens with zero attached hydrogens (tertiary/aromatic N) is 1. The molecule has 3 rings (SSSR count). The lowest BCUT2D eigenvalue weighted by Gasteiger charge is -2.26. The van der Waals surface area contributed by atoms with Crippen LogP contribution >= 0.6 is 11.8 Å². The lowest BCUT2D eigenvalue weighted by molar-refractivity contribution is -0.118. The highest BCUT2D eigenvalue weighted by molar-refractivity contribution is 8.02. The molecule has 1 saturated heterocycles. The number of hydrogen-bond donors (Lipinski definition) is 4. The van der Waals surface area contributed by atoms with Crippen LogP contribution in [0.4, 0.5) is 13.6 Å². The number of halogens is 2. The zero-order valence-corrected chi connectivity index (χ0v) is 23.0. The number of thioether (sulfide) groups is 1. The average Bonchev–Trinajstić information content (AvgIpc) is 3.05. The third-order valence-electron chi connectivity index (χ3n) is 6.08. The molecule has 12 heteroatoms. The van der Waals surface area contributed by atoms with E-state index in [1.54, 1.807) is 40.3 Å². The summed E-state index contributed by atoms with van der Waals surface area (Å²) in [6, 6.07) is 3.51. The number of hydrogen-bond acceptors (Lipinski definition) is 8. The van der Waals surface area contributed by atoms with Crippen LogP contribution in [0.1, 0.15) is 51.0 Å².